The summed E-state index contributed by atoms with van der Waals surface area (Å²) >= 11 is 0. The Bertz CT molecular complexity index is 385. The highest BCUT2D eigenvalue weighted by Crippen LogP contribution is 2.40. The molecule has 1 fully saturated rings. The van der Waals surface area contributed by atoms with Crippen LogP contribution in [0.5, 0.6) is 0 Å². The first-order valence-electron chi connectivity index (χ1n) is 8.51. The van der Waals surface area contributed by atoms with Crippen LogP contribution in [0, 0.1) is 0 Å². The largest absolute Gasteiger partial charge is 0.486 e. The Labute approximate surface area is 139 Å². The standard InChI is InChI=1S/C17H35BO3Si/c1-10-14-22(9,15(2,3)4)19-13-11-12-18-20-16(5,6)17(7,8)21-18/h11-12H,10,13-14H2,1-9H3/b12-11+. The second kappa shape index (κ2) is 6.80. The van der Waals surface area contributed by atoms with Crippen LogP contribution < -0.4 is 0 Å². The molecular weight excluding hydrogens is 291 g/mol. The van der Waals surface area contributed by atoms with Crippen molar-refractivity contribution in [1.82, 2.24) is 0 Å². The van der Waals surface area contributed by atoms with E-state index < -0.39 is 8.32 Å². The molecule has 0 aromatic rings. The fourth-order valence-electron chi connectivity index (χ4n) is 2.51. The molecule has 0 saturated carbocycles. The van der Waals surface area contributed by atoms with Crippen molar-refractivity contribution in [3.63, 3.8) is 0 Å². The molecule has 0 radical (unpaired) electrons. The molecule has 1 aliphatic rings. The van der Waals surface area contributed by atoms with Gasteiger partial charge in [0.05, 0.1) is 17.8 Å². The van der Waals surface area contributed by atoms with Gasteiger partial charge in [-0.1, -0.05) is 46.2 Å². The van der Waals surface area contributed by atoms with Crippen LogP contribution in [0.1, 0.15) is 61.8 Å². The van der Waals surface area contributed by atoms with Crippen LogP contribution in [0.15, 0.2) is 12.1 Å². The van der Waals surface area contributed by atoms with Gasteiger partial charge < -0.3 is 13.7 Å². The maximum absolute atomic E-state index is 6.34. The lowest BCUT2D eigenvalue weighted by Crippen LogP contribution is -2.44. The van der Waals surface area contributed by atoms with E-state index in [1.165, 1.54) is 12.5 Å². The number of hydrogen-bond acceptors (Lipinski definition) is 3. The third-order valence-corrected chi connectivity index (χ3v) is 10.8. The Balaban J connectivity index is 2.57. The SMILES string of the molecule is CCC[Si](C)(OC/C=C/B1OC(C)(C)C(C)(C)O1)C(C)(C)C. The first-order valence-corrected chi connectivity index (χ1v) is 11.1. The number of rotatable bonds is 6. The van der Waals surface area contributed by atoms with Crippen LogP contribution in [0.2, 0.25) is 17.6 Å². The fourth-order valence-corrected chi connectivity index (χ4v) is 5.25. The van der Waals surface area contributed by atoms with E-state index in [9.17, 15) is 0 Å². The van der Waals surface area contributed by atoms with E-state index in [-0.39, 0.29) is 23.4 Å². The highest BCUT2D eigenvalue weighted by molar-refractivity contribution is 6.75. The fraction of sp³-hybridized carbons (Fsp3) is 0.882. The van der Waals surface area contributed by atoms with Gasteiger partial charge in [-0.15, -0.1) is 0 Å². The summed E-state index contributed by atoms with van der Waals surface area (Å²) < 4.78 is 18.3. The van der Waals surface area contributed by atoms with E-state index in [4.69, 9.17) is 13.7 Å². The van der Waals surface area contributed by atoms with Gasteiger partial charge in [-0.05, 0) is 45.3 Å². The smallest absolute Gasteiger partial charge is 0.413 e. The Morgan fingerprint density at radius 1 is 1.09 bits per heavy atom. The van der Waals surface area contributed by atoms with Crippen LogP contribution in [0.25, 0.3) is 0 Å². The lowest BCUT2D eigenvalue weighted by atomic mass is 9.90. The van der Waals surface area contributed by atoms with Gasteiger partial charge >= 0.3 is 7.12 Å². The molecule has 1 unspecified atom stereocenters. The minimum Gasteiger partial charge on any atom is -0.413 e. The first kappa shape index (κ1) is 19.9. The summed E-state index contributed by atoms with van der Waals surface area (Å²) in [6.07, 6.45) is 3.23. The van der Waals surface area contributed by atoms with Crippen LogP contribution in [0.3, 0.4) is 0 Å². The van der Waals surface area contributed by atoms with Gasteiger partial charge in [-0.25, -0.2) is 0 Å². The minimum atomic E-state index is -1.72. The van der Waals surface area contributed by atoms with E-state index in [0.29, 0.717) is 6.61 Å². The molecule has 0 amide bonds. The van der Waals surface area contributed by atoms with Crippen molar-refractivity contribution in [1.29, 1.82) is 0 Å². The summed E-state index contributed by atoms with van der Waals surface area (Å²) in [6, 6.07) is 1.20. The van der Waals surface area contributed by atoms with Gasteiger partial charge in [0.25, 0.3) is 0 Å². The predicted octanol–water partition coefficient (Wildman–Crippen LogP) is 4.98. The van der Waals surface area contributed by atoms with Crippen LogP contribution >= 0.6 is 0 Å². The van der Waals surface area contributed by atoms with Crippen molar-refractivity contribution in [3.05, 3.63) is 12.1 Å². The zero-order chi connectivity index (χ0) is 17.2. The molecule has 0 aliphatic carbocycles. The third kappa shape index (κ3) is 4.47. The van der Waals surface area contributed by atoms with E-state index in [0.717, 1.165) is 0 Å². The molecule has 22 heavy (non-hydrogen) atoms. The van der Waals surface area contributed by atoms with Gasteiger partial charge in [0.2, 0.25) is 0 Å². The molecule has 1 saturated heterocycles. The van der Waals surface area contributed by atoms with Gasteiger partial charge in [0.1, 0.15) is 0 Å². The molecular formula is C17H35BO3Si. The lowest BCUT2D eigenvalue weighted by molar-refractivity contribution is 0.00578. The summed E-state index contributed by atoms with van der Waals surface area (Å²) in [5.74, 6) is 1.99. The van der Waals surface area contributed by atoms with Crippen molar-refractivity contribution in [2.75, 3.05) is 6.61 Å². The van der Waals surface area contributed by atoms with Gasteiger partial charge in [-0.2, -0.15) is 0 Å². The van der Waals surface area contributed by atoms with Crippen molar-refractivity contribution in [2.24, 2.45) is 0 Å². The molecule has 0 spiro atoms. The summed E-state index contributed by atoms with van der Waals surface area (Å²) in [6.45, 7) is 20.4. The first-order chi connectivity index (χ1) is 9.85. The second-order valence-electron chi connectivity index (χ2n) is 8.59. The third-order valence-electron chi connectivity index (χ3n) is 5.38. The summed E-state index contributed by atoms with van der Waals surface area (Å²) in [5, 5.41) is 0.251. The Hall–Kier alpha value is -0.0982. The van der Waals surface area contributed by atoms with Crippen molar-refractivity contribution in [2.45, 2.75) is 90.6 Å². The Morgan fingerprint density at radius 3 is 2.00 bits per heavy atom. The predicted molar refractivity (Wildman–Crippen MR) is 97.6 cm³/mol. The molecule has 5 heteroatoms. The van der Waals surface area contributed by atoms with Crippen LogP contribution in [-0.4, -0.2) is 33.2 Å². The topological polar surface area (TPSA) is 27.7 Å². The van der Waals surface area contributed by atoms with Gasteiger partial charge in [0, 0.05) is 0 Å². The molecule has 1 aliphatic heterocycles. The average molecular weight is 326 g/mol. The van der Waals surface area contributed by atoms with Crippen molar-refractivity contribution >= 4 is 15.4 Å². The number of hydrogen-bond donors (Lipinski definition) is 0. The summed E-state index contributed by atoms with van der Waals surface area (Å²) in [4.78, 5) is 0. The van der Waals surface area contributed by atoms with Gasteiger partial charge in [-0.3, -0.25) is 0 Å². The Kier molecular flexibility index (Phi) is 6.16. The monoisotopic (exact) mass is 326 g/mol. The second-order valence-corrected chi connectivity index (χ2v) is 13.3. The average Bonchev–Trinajstić information content (AvgIpc) is 2.52. The molecule has 0 N–H and O–H groups in total. The van der Waals surface area contributed by atoms with E-state index >= 15 is 0 Å². The van der Waals surface area contributed by atoms with E-state index in [1.807, 2.05) is 5.98 Å². The van der Waals surface area contributed by atoms with E-state index in [1.54, 1.807) is 0 Å². The van der Waals surface area contributed by atoms with Crippen molar-refractivity contribution in [3.8, 4) is 0 Å². The molecule has 1 rings (SSSR count). The normalized spacial score (nSPS) is 24.0. The molecule has 0 aromatic carbocycles. The Morgan fingerprint density at radius 2 is 1.59 bits per heavy atom. The zero-order valence-corrected chi connectivity index (χ0v) is 17.1. The van der Waals surface area contributed by atoms with E-state index in [2.05, 4.69) is 68.0 Å². The molecule has 0 aromatic heterocycles. The van der Waals surface area contributed by atoms with Crippen molar-refractivity contribution < 1.29 is 13.7 Å². The summed E-state index contributed by atoms with van der Waals surface area (Å²) in [5.41, 5.74) is -0.556. The highest BCUT2D eigenvalue weighted by atomic mass is 28.4. The molecule has 1 atom stereocenters. The zero-order valence-electron chi connectivity index (χ0n) is 16.1. The maximum atomic E-state index is 6.34. The van der Waals surface area contributed by atoms with Crippen LogP contribution in [-0.2, 0) is 13.7 Å². The molecule has 0 bridgehead atoms. The minimum absolute atomic E-state index is 0.251. The lowest BCUT2D eigenvalue weighted by Gasteiger charge is -2.39. The molecule has 3 nitrogen and oxygen atoms in total. The van der Waals surface area contributed by atoms with Gasteiger partial charge in [0.15, 0.2) is 8.32 Å². The summed E-state index contributed by atoms with van der Waals surface area (Å²) in [7, 11) is -1.99. The highest BCUT2D eigenvalue weighted by Gasteiger charge is 2.50. The molecule has 1 heterocycles. The van der Waals surface area contributed by atoms with Crippen LogP contribution in [0.4, 0.5) is 0 Å². The molecule has 128 valence electrons. The quantitative estimate of drug-likeness (QED) is 0.645. The maximum Gasteiger partial charge on any atom is 0.486 e.